The first-order valence-corrected chi connectivity index (χ1v) is 6.73. The largest absolute Gasteiger partial charge is 0.485 e. The smallest absolute Gasteiger partial charge is 0.146 e. The lowest BCUT2D eigenvalue weighted by molar-refractivity contribution is 0.288. The van der Waals surface area contributed by atoms with Gasteiger partial charge in [-0.25, -0.2) is 4.98 Å². The number of hydrogen-bond donors (Lipinski definition) is 1. The summed E-state index contributed by atoms with van der Waals surface area (Å²) in [5, 5.41) is 3.52. The first kappa shape index (κ1) is 12.2. The molecule has 1 aromatic carbocycles. The minimum atomic E-state index is 0.504. The minimum absolute atomic E-state index is 0.504. The maximum absolute atomic E-state index is 5.89. The summed E-state index contributed by atoms with van der Waals surface area (Å²) in [5.41, 5.74) is 1.21. The molecule has 0 aliphatic heterocycles. The predicted octanol–water partition coefficient (Wildman–Crippen LogP) is 2.25. The fourth-order valence-corrected chi connectivity index (χ4v) is 2.01. The van der Waals surface area contributed by atoms with Crippen LogP contribution in [0.3, 0.4) is 0 Å². The molecular weight excluding hydrogens is 238 g/mol. The topological polar surface area (TPSA) is 39.1 Å². The van der Waals surface area contributed by atoms with Crippen LogP contribution in [0, 0.1) is 0 Å². The molecule has 1 aliphatic carbocycles. The number of rotatable bonds is 6. The maximum atomic E-state index is 5.89. The van der Waals surface area contributed by atoms with E-state index in [1.807, 2.05) is 29.9 Å². The molecule has 0 atom stereocenters. The summed E-state index contributed by atoms with van der Waals surface area (Å²) in [5.74, 6) is 1.88. The van der Waals surface area contributed by atoms with Crippen molar-refractivity contribution in [2.24, 2.45) is 7.05 Å². The molecule has 4 heteroatoms. The molecule has 100 valence electrons. The van der Waals surface area contributed by atoms with E-state index in [0.717, 1.165) is 18.1 Å². The second kappa shape index (κ2) is 5.45. The van der Waals surface area contributed by atoms with Gasteiger partial charge in [0.15, 0.2) is 0 Å². The maximum Gasteiger partial charge on any atom is 0.146 e. The van der Waals surface area contributed by atoms with Crippen molar-refractivity contribution < 1.29 is 4.74 Å². The van der Waals surface area contributed by atoms with Crippen LogP contribution in [0.5, 0.6) is 5.75 Å². The Kier molecular flexibility index (Phi) is 3.51. The fourth-order valence-electron chi connectivity index (χ4n) is 2.01. The van der Waals surface area contributed by atoms with Crippen molar-refractivity contribution >= 4 is 0 Å². The van der Waals surface area contributed by atoms with Crippen molar-refractivity contribution in [2.45, 2.75) is 32.0 Å². The molecule has 1 aromatic heterocycles. The zero-order valence-electron chi connectivity index (χ0n) is 11.2. The molecule has 0 saturated heterocycles. The van der Waals surface area contributed by atoms with Gasteiger partial charge in [-0.15, -0.1) is 0 Å². The molecule has 2 aromatic rings. The molecule has 1 fully saturated rings. The Bertz CT molecular complexity index is 546. The van der Waals surface area contributed by atoms with Gasteiger partial charge in [0.2, 0.25) is 0 Å². The third-order valence-electron chi connectivity index (χ3n) is 3.41. The molecule has 0 spiro atoms. The van der Waals surface area contributed by atoms with Crippen molar-refractivity contribution in [2.75, 3.05) is 0 Å². The van der Waals surface area contributed by atoms with Gasteiger partial charge in [0, 0.05) is 37.6 Å². The Balaban J connectivity index is 1.64. The predicted molar refractivity (Wildman–Crippen MR) is 73.8 cm³/mol. The molecule has 3 rings (SSSR count). The second-order valence-electron chi connectivity index (χ2n) is 5.01. The molecular formula is C15H19N3O. The van der Waals surface area contributed by atoms with E-state index in [9.17, 15) is 0 Å². The normalized spacial score (nSPS) is 14.6. The summed E-state index contributed by atoms with van der Waals surface area (Å²) >= 11 is 0. The molecule has 1 aliphatic rings. The lowest BCUT2D eigenvalue weighted by atomic mass is 10.2. The second-order valence-corrected chi connectivity index (χ2v) is 5.01. The van der Waals surface area contributed by atoms with Crippen LogP contribution in [0.25, 0.3) is 0 Å². The van der Waals surface area contributed by atoms with E-state index >= 15 is 0 Å². The van der Waals surface area contributed by atoms with Gasteiger partial charge in [0.1, 0.15) is 18.2 Å². The third kappa shape index (κ3) is 3.15. The Hall–Kier alpha value is -1.81. The highest BCUT2D eigenvalue weighted by molar-refractivity contribution is 5.33. The fraction of sp³-hybridized carbons (Fsp3) is 0.400. The Morgan fingerprint density at radius 1 is 1.37 bits per heavy atom. The molecule has 0 unspecified atom stereocenters. The summed E-state index contributed by atoms with van der Waals surface area (Å²) in [7, 11) is 1.98. The molecule has 4 nitrogen and oxygen atoms in total. The SMILES string of the molecule is Cn1ccnc1COc1ccccc1CNC1CC1. The van der Waals surface area contributed by atoms with Gasteiger partial charge in [-0.1, -0.05) is 18.2 Å². The van der Waals surface area contributed by atoms with Crippen LogP contribution < -0.4 is 10.1 Å². The number of benzene rings is 1. The number of para-hydroxylation sites is 1. The van der Waals surface area contributed by atoms with Crippen molar-refractivity contribution in [3.8, 4) is 5.75 Å². The summed E-state index contributed by atoms with van der Waals surface area (Å²) in [4.78, 5) is 4.27. The van der Waals surface area contributed by atoms with Crippen LogP contribution in [0.4, 0.5) is 0 Å². The van der Waals surface area contributed by atoms with Crippen LogP contribution >= 0.6 is 0 Å². The van der Waals surface area contributed by atoms with Gasteiger partial charge in [-0.05, 0) is 18.9 Å². The highest BCUT2D eigenvalue weighted by Crippen LogP contribution is 2.23. The van der Waals surface area contributed by atoms with E-state index in [2.05, 4.69) is 22.4 Å². The molecule has 0 amide bonds. The van der Waals surface area contributed by atoms with E-state index in [-0.39, 0.29) is 0 Å². The molecule has 1 heterocycles. The average Bonchev–Trinajstić information content (AvgIpc) is 3.17. The number of hydrogen-bond acceptors (Lipinski definition) is 3. The summed E-state index contributed by atoms with van der Waals surface area (Å²) in [6.07, 6.45) is 6.32. The van der Waals surface area contributed by atoms with Crippen LogP contribution in [-0.4, -0.2) is 15.6 Å². The summed E-state index contributed by atoms with van der Waals surface area (Å²) < 4.78 is 7.87. The van der Waals surface area contributed by atoms with Crippen LogP contribution in [0.15, 0.2) is 36.7 Å². The van der Waals surface area contributed by atoms with E-state index in [0.29, 0.717) is 12.6 Å². The van der Waals surface area contributed by atoms with Gasteiger partial charge in [0.25, 0.3) is 0 Å². The monoisotopic (exact) mass is 257 g/mol. The van der Waals surface area contributed by atoms with Crippen molar-refractivity contribution in [1.29, 1.82) is 0 Å². The number of ether oxygens (including phenoxy) is 1. The number of nitrogens with one attached hydrogen (secondary N) is 1. The number of aryl methyl sites for hydroxylation is 1. The van der Waals surface area contributed by atoms with E-state index in [1.165, 1.54) is 18.4 Å². The third-order valence-corrected chi connectivity index (χ3v) is 3.41. The number of nitrogens with zero attached hydrogens (tertiary/aromatic N) is 2. The van der Waals surface area contributed by atoms with E-state index in [1.54, 1.807) is 6.20 Å². The molecule has 1 N–H and O–H groups in total. The van der Waals surface area contributed by atoms with Crippen molar-refractivity contribution in [1.82, 2.24) is 14.9 Å². The van der Waals surface area contributed by atoms with Crippen LogP contribution in [0.1, 0.15) is 24.2 Å². The molecule has 1 saturated carbocycles. The summed E-state index contributed by atoms with van der Waals surface area (Å²) in [6.45, 7) is 1.38. The molecule has 19 heavy (non-hydrogen) atoms. The van der Waals surface area contributed by atoms with E-state index in [4.69, 9.17) is 4.74 Å². The Labute approximate surface area is 113 Å². The van der Waals surface area contributed by atoms with E-state index < -0.39 is 0 Å². The zero-order valence-corrected chi connectivity index (χ0v) is 11.2. The quantitative estimate of drug-likeness (QED) is 0.862. The van der Waals surface area contributed by atoms with Gasteiger partial charge in [-0.2, -0.15) is 0 Å². The van der Waals surface area contributed by atoms with Gasteiger partial charge < -0.3 is 14.6 Å². The van der Waals surface area contributed by atoms with Gasteiger partial charge >= 0.3 is 0 Å². The molecule has 0 bridgehead atoms. The van der Waals surface area contributed by atoms with Crippen LogP contribution in [-0.2, 0) is 20.2 Å². The van der Waals surface area contributed by atoms with Crippen LogP contribution in [0.2, 0.25) is 0 Å². The molecule has 0 radical (unpaired) electrons. The highest BCUT2D eigenvalue weighted by atomic mass is 16.5. The van der Waals surface area contributed by atoms with Gasteiger partial charge in [0.05, 0.1) is 0 Å². The first-order chi connectivity index (χ1) is 9.33. The van der Waals surface area contributed by atoms with Crippen molar-refractivity contribution in [3.63, 3.8) is 0 Å². The lowest BCUT2D eigenvalue weighted by Crippen LogP contribution is -2.16. The average molecular weight is 257 g/mol. The minimum Gasteiger partial charge on any atom is -0.485 e. The number of aromatic nitrogens is 2. The summed E-state index contributed by atoms with van der Waals surface area (Å²) in [6, 6.07) is 8.91. The Morgan fingerprint density at radius 3 is 2.95 bits per heavy atom. The van der Waals surface area contributed by atoms with Gasteiger partial charge in [-0.3, -0.25) is 0 Å². The lowest BCUT2D eigenvalue weighted by Gasteiger charge is -2.11. The highest BCUT2D eigenvalue weighted by Gasteiger charge is 2.20. The first-order valence-electron chi connectivity index (χ1n) is 6.73. The Morgan fingerprint density at radius 2 is 2.21 bits per heavy atom. The van der Waals surface area contributed by atoms with Crippen molar-refractivity contribution in [3.05, 3.63) is 48.0 Å². The standard InChI is InChI=1S/C15H19N3O/c1-18-9-8-16-15(18)11-19-14-5-3-2-4-12(14)10-17-13-6-7-13/h2-5,8-9,13,17H,6-7,10-11H2,1H3. The number of imidazole rings is 1. The zero-order chi connectivity index (χ0) is 13.1.